The van der Waals surface area contributed by atoms with Gasteiger partial charge in [-0.15, -0.1) is 0 Å². The molecule has 0 atom stereocenters. The molecule has 0 radical (unpaired) electrons. The molecule has 3 aromatic heterocycles. The van der Waals surface area contributed by atoms with Crippen LogP contribution in [0.1, 0.15) is 26.3 Å². The summed E-state index contributed by atoms with van der Waals surface area (Å²) in [5.74, 6) is 0. The number of rotatable bonds is 1. The fourth-order valence-electron chi connectivity index (χ4n) is 4.45. The highest BCUT2D eigenvalue weighted by Gasteiger charge is 2.42. The van der Waals surface area contributed by atoms with Crippen LogP contribution in [0.25, 0.3) is 43.5 Å². The maximum Gasteiger partial charge on any atom is 0.418 e. The van der Waals surface area contributed by atoms with E-state index in [0.717, 1.165) is 15.8 Å². The average molecular weight is 470 g/mol. The maximum absolute atomic E-state index is 14.0. The number of H-pyrrole nitrogens is 1. The molecular formula is C24H22F3N3O2Si. The Labute approximate surface area is 187 Å². The van der Waals surface area contributed by atoms with Gasteiger partial charge in [0.05, 0.1) is 32.9 Å². The number of pyridine rings is 2. The molecular weight excluding hydrogens is 447 g/mol. The Morgan fingerprint density at radius 2 is 1.61 bits per heavy atom. The molecule has 2 aromatic carbocycles. The molecule has 5 nitrogen and oxygen atoms in total. The van der Waals surface area contributed by atoms with Crippen LogP contribution in [0.2, 0.25) is 18.1 Å². The molecule has 0 saturated carbocycles. The first-order valence-electron chi connectivity index (χ1n) is 10.6. The van der Waals surface area contributed by atoms with Crippen molar-refractivity contribution in [1.29, 1.82) is 0 Å². The van der Waals surface area contributed by atoms with Gasteiger partial charge in [-0.2, -0.15) is 13.2 Å². The third kappa shape index (κ3) is 2.81. The maximum atomic E-state index is 14.0. The summed E-state index contributed by atoms with van der Waals surface area (Å²) in [6.07, 6.45) is -3.96. The lowest BCUT2D eigenvalue weighted by molar-refractivity contribution is -0.136. The zero-order valence-electron chi connectivity index (χ0n) is 18.8. The van der Waals surface area contributed by atoms with Crippen LogP contribution in [0.5, 0.6) is 0 Å². The normalized spacial score (nSPS) is 13.7. The number of hydrogen-bond acceptors (Lipinski definition) is 3. The van der Waals surface area contributed by atoms with Gasteiger partial charge in [0.25, 0.3) is 11.1 Å². The number of nitrogens with one attached hydrogen (secondary N) is 1. The summed E-state index contributed by atoms with van der Waals surface area (Å²) in [4.78, 5) is 34.8. The second-order valence-corrected chi connectivity index (χ2v) is 15.1. The third-order valence-corrected chi connectivity index (χ3v) is 12.4. The van der Waals surface area contributed by atoms with E-state index < -0.39 is 41.5 Å². The molecule has 3 heterocycles. The number of aromatic amines is 1. The second-order valence-electron chi connectivity index (χ2n) is 10.0. The Kier molecular flexibility index (Phi) is 4.22. The van der Waals surface area contributed by atoms with Crippen molar-refractivity contribution in [3.8, 4) is 0 Å². The number of para-hydroxylation sites is 1. The lowest BCUT2D eigenvalue weighted by Gasteiger charge is -2.37. The predicted molar refractivity (Wildman–Crippen MR) is 128 cm³/mol. The van der Waals surface area contributed by atoms with Crippen molar-refractivity contribution in [3.63, 3.8) is 0 Å². The zero-order chi connectivity index (χ0) is 24.1. The monoisotopic (exact) mass is 469 g/mol. The minimum atomic E-state index is -4.77. The van der Waals surface area contributed by atoms with Crippen LogP contribution < -0.4 is 11.1 Å². The van der Waals surface area contributed by atoms with Gasteiger partial charge in [0.15, 0.2) is 8.24 Å². The van der Waals surface area contributed by atoms with Crippen molar-refractivity contribution in [2.45, 2.75) is 45.1 Å². The first-order chi connectivity index (χ1) is 15.2. The fraction of sp³-hybridized carbons (Fsp3) is 0.292. The highest BCUT2D eigenvalue weighted by Crippen LogP contribution is 2.40. The van der Waals surface area contributed by atoms with Crippen LogP contribution in [-0.2, 0) is 6.18 Å². The quantitative estimate of drug-likeness (QED) is 0.313. The Morgan fingerprint density at radius 3 is 2.24 bits per heavy atom. The molecule has 0 unspecified atom stereocenters. The Morgan fingerprint density at radius 1 is 0.939 bits per heavy atom. The topological polar surface area (TPSA) is 67.8 Å². The molecule has 0 spiro atoms. The van der Waals surface area contributed by atoms with E-state index in [1.807, 2.05) is 52.1 Å². The minimum Gasteiger partial charge on any atom is -0.359 e. The van der Waals surface area contributed by atoms with Crippen LogP contribution >= 0.6 is 0 Å². The summed E-state index contributed by atoms with van der Waals surface area (Å²) in [7, 11) is -2.86. The number of nitrogens with zero attached hydrogens (tertiary/aromatic N) is 2. The standard InChI is InChI=1S/C24H22F3N3O2Si/c1-23(2,3)33(4,5)30-21(31)14-10-13-12-8-6-7-9-16(12)29-19(13)20-17(14)18(22(30)32)15(11-28-20)24(25,26)27/h6-11,28H,1-5H3. The van der Waals surface area contributed by atoms with E-state index in [9.17, 15) is 22.8 Å². The molecule has 5 aromatic rings. The van der Waals surface area contributed by atoms with Gasteiger partial charge in [0.2, 0.25) is 0 Å². The van der Waals surface area contributed by atoms with Gasteiger partial charge in [0, 0.05) is 22.4 Å². The summed E-state index contributed by atoms with van der Waals surface area (Å²) >= 11 is 0. The number of halogens is 3. The lowest BCUT2D eigenvalue weighted by Crippen LogP contribution is -2.56. The summed E-state index contributed by atoms with van der Waals surface area (Å²) < 4.78 is 43.3. The second kappa shape index (κ2) is 6.44. The van der Waals surface area contributed by atoms with Gasteiger partial charge in [0.1, 0.15) is 0 Å². The van der Waals surface area contributed by atoms with E-state index in [2.05, 4.69) is 9.97 Å². The zero-order valence-corrected chi connectivity index (χ0v) is 19.8. The summed E-state index contributed by atoms with van der Waals surface area (Å²) in [6.45, 7) is 9.40. The largest absolute Gasteiger partial charge is 0.418 e. The van der Waals surface area contributed by atoms with Crippen LogP contribution in [0, 0.1) is 0 Å². The van der Waals surface area contributed by atoms with Crippen molar-refractivity contribution in [3.05, 3.63) is 62.8 Å². The first kappa shape index (κ1) is 21.6. The minimum absolute atomic E-state index is 0.00918. The van der Waals surface area contributed by atoms with E-state index in [1.54, 1.807) is 12.1 Å². The molecule has 0 bridgehead atoms. The van der Waals surface area contributed by atoms with Crippen molar-refractivity contribution < 1.29 is 13.2 Å². The highest BCUT2D eigenvalue weighted by molar-refractivity contribution is 6.78. The van der Waals surface area contributed by atoms with Crippen molar-refractivity contribution in [1.82, 2.24) is 14.2 Å². The third-order valence-electron chi connectivity index (χ3n) is 7.16. The highest BCUT2D eigenvalue weighted by atomic mass is 28.3. The number of hydrogen-bond donors (Lipinski definition) is 1. The first-order valence-corrected chi connectivity index (χ1v) is 13.5. The van der Waals surface area contributed by atoms with Crippen LogP contribution in [-0.4, -0.2) is 22.4 Å². The van der Waals surface area contributed by atoms with Crippen molar-refractivity contribution in [2.24, 2.45) is 0 Å². The van der Waals surface area contributed by atoms with Gasteiger partial charge in [-0.3, -0.25) is 9.59 Å². The molecule has 0 aliphatic heterocycles. The van der Waals surface area contributed by atoms with Crippen LogP contribution in [0.15, 0.2) is 46.1 Å². The molecule has 0 aliphatic rings. The summed E-state index contributed by atoms with van der Waals surface area (Å²) in [5.41, 5.74) is -1.15. The van der Waals surface area contributed by atoms with E-state index in [4.69, 9.17) is 0 Å². The molecule has 0 fully saturated rings. The molecule has 33 heavy (non-hydrogen) atoms. The van der Waals surface area contributed by atoms with Gasteiger partial charge >= 0.3 is 6.18 Å². The van der Waals surface area contributed by atoms with Crippen LogP contribution in [0.3, 0.4) is 0 Å². The Balaban J connectivity index is 2.14. The van der Waals surface area contributed by atoms with Gasteiger partial charge < -0.3 is 9.22 Å². The average Bonchev–Trinajstić information content (AvgIpc) is 3.08. The van der Waals surface area contributed by atoms with E-state index in [1.165, 1.54) is 0 Å². The van der Waals surface area contributed by atoms with Gasteiger partial charge in [-0.1, -0.05) is 52.1 Å². The molecule has 1 N–H and O–H groups in total. The molecule has 0 saturated heterocycles. The van der Waals surface area contributed by atoms with Crippen molar-refractivity contribution in [2.75, 3.05) is 0 Å². The Hall–Kier alpha value is -3.20. The fourth-order valence-corrected chi connectivity index (χ4v) is 6.37. The molecule has 0 amide bonds. The SMILES string of the molecule is CC(C)(C)[Si](C)(C)n1c(=O)c2cc3c4ccccc4nc3c3[nH]cc(C(F)(F)F)c(c1=O)c23. The van der Waals surface area contributed by atoms with E-state index >= 15 is 0 Å². The Bertz CT molecular complexity index is 1710. The van der Waals surface area contributed by atoms with Crippen molar-refractivity contribution >= 4 is 51.7 Å². The number of alkyl halides is 3. The van der Waals surface area contributed by atoms with E-state index in [0.29, 0.717) is 16.4 Å². The predicted octanol–water partition coefficient (Wildman–Crippen LogP) is 5.85. The lowest BCUT2D eigenvalue weighted by atomic mass is 10.00. The van der Waals surface area contributed by atoms with Gasteiger partial charge in [-0.05, 0) is 17.2 Å². The molecule has 5 rings (SSSR count). The molecule has 170 valence electrons. The summed E-state index contributed by atoms with van der Waals surface area (Å²) in [5, 5.41) is 0.608. The summed E-state index contributed by atoms with van der Waals surface area (Å²) in [6, 6.07) is 8.92. The smallest absolute Gasteiger partial charge is 0.359 e. The van der Waals surface area contributed by atoms with E-state index in [-0.39, 0.29) is 16.3 Å². The molecule has 9 heteroatoms. The molecule has 0 aliphatic carbocycles. The van der Waals surface area contributed by atoms with Gasteiger partial charge in [-0.25, -0.2) is 4.98 Å². The number of fused-ring (bicyclic) bond motifs is 4. The number of aromatic nitrogens is 3. The van der Waals surface area contributed by atoms with Crippen LogP contribution in [0.4, 0.5) is 13.2 Å². The number of benzene rings is 2.